The maximum Gasteiger partial charge on any atom is 0.305 e. The van der Waals surface area contributed by atoms with Gasteiger partial charge in [0.1, 0.15) is 0 Å². The minimum Gasteiger partial charge on any atom is -0.481 e. The van der Waals surface area contributed by atoms with E-state index in [0.717, 1.165) is 0 Å². The number of hydrogen-bond donors (Lipinski definition) is 3. The largest absolute Gasteiger partial charge is 0.481 e. The van der Waals surface area contributed by atoms with Crippen LogP contribution >= 0.6 is 0 Å². The van der Waals surface area contributed by atoms with Crippen molar-refractivity contribution in [2.45, 2.75) is 18.6 Å². The molecular formula is C8H13N3O3. The van der Waals surface area contributed by atoms with Gasteiger partial charge in [0.25, 0.3) is 0 Å². The van der Waals surface area contributed by atoms with Gasteiger partial charge in [0.15, 0.2) is 0 Å². The average molecular weight is 199 g/mol. The Hall–Kier alpha value is -1.40. The predicted molar refractivity (Wildman–Crippen MR) is 48.4 cm³/mol. The molecule has 0 spiro atoms. The van der Waals surface area contributed by atoms with Gasteiger partial charge in [-0.2, -0.15) is 5.10 Å². The fourth-order valence-corrected chi connectivity index (χ4v) is 1.15. The number of carboxylic acids is 1. The fraction of sp³-hybridized carbons (Fsp3) is 0.500. The van der Waals surface area contributed by atoms with Crippen LogP contribution in [0.1, 0.15) is 18.1 Å². The van der Waals surface area contributed by atoms with Gasteiger partial charge in [-0.15, -0.1) is 0 Å². The second-order valence-corrected chi connectivity index (χ2v) is 3.15. The second kappa shape index (κ2) is 4.21. The molecule has 0 amide bonds. The molecule has 78 valence electrons. The molecule has 14 heavy (non-hydrogen) atoms. The summed E-state index contributed by atoms with van der Waals surface area (Å²) in [6.07, 6.45) is 1.81. The summed E-state index contributed by atoms with van der Waals surface area (Å²) in [6, 6.07) is -0.809. The van der Waals surface area contributed by atoms with Gasteiger partial charge in [0, 0.05) is 24.8 Å². The summed E-state index contributed by atoms with van der Waals surface area (Å²) in [6.45, 7) is 0. The van der Waals surface area contributed by atoms with Crippen molar-refractivity contribution in [3.05, 3.63) is 18.0 Å². The molecule has 0 bridgehead atoms. The smallest absolute Gasteiger partial charge is 0.305 e. The van der Waals surface area contributed by atoms with E-state index in [2.05, 4.69) is 5.10 Å². The first-order valence-electron chi connectivity index (χ1n) is 4.14. The van der Waals surface area contributed by atoms with E-state index in [1.165, 1.54) is 10.9 Å². The van der Waals surface area contributed by atoms with Crippen molar-refractivity contribution in [2.75, 3.05) is 0 Å². The molecule has 6 heteroatoms. The molecule has 1 aromatic heterocycles. The molecule has 0 aromatic carbocycles. The number of aliphatic hydroxyl groups excluding tert-OH is 1. The maximum absolute atomic E-state index is 10.3. The van der Waals surface area contributed by atoms with Gasteiger partial charge in [-0.05, 0) is 0 Å². The van der Waals surface area contributed by atoms with Crippen LogP contribution < -0.4 is 5.73 Å². The number of carboxylic acid groups (broad SMARTS) is 1. The van der Waals surface area contributed by atoms with Crippen LogP contribution in [-0.2, 0) is 11.8 Å². The van der Waals surface area contributed by atoms with E-state index in [1.807, 2.05) is 0 Å². The quantitative estimate of drug-likeness (QED) is 0.592. The van der Waals surface area contributed by atoms with E-state index in [0.29, 0.717) is 5.56 Å². The number of aliphatic carboxylic acids is 1. The normalized spacial score (nSPS) is 15.1. The molecule has 0 fully saturated rings. The summed E-state index contributed by atoms with van der Waals surface area (Å²) in [7, 11) is 1.71. The molecule has 1 aromatic rings. The summed E-state index contributed by atoms with van der Waals surface area (Å²) in [5.41, 5.74) is 6.02. The topological polar surface area (TPSA) is 101 Å². The van der Waals surface area contributed by atoms with Crippen LogP contribution in [-0.4, -0.2) is 32.0 Å². The van der Waals surface area contributed by atoms with Crippen molar-refractivity contribution in [3.63, 3.8) is 0 Å². The van der Waals surface area contributed by atoms with Gasteiger partial charge in [-0.3, -0.25) is 9.48 Å². The Morgan fingerprint density at radius 3 is 2.86 bits per heavy atom. The molecule has 1 rings (SSSR count). The molecule has 2 unspecified atom stereocenters. The van der Waals surface area contributed by atoms with Crippen LogP contribution in [0.15, 0.2) is 12.4 Å². The number of nitrogens with two attached hydrogens (primary N) is 1. The van der Waals surface area contributed by atoms with E-state index in [9.17, 15) is 9.90 Å². The predicted octanol–water partition coefficient (Wildman–Crippen LogP) is -0.744. The Kier molecular flexibility index (Phi) is 3.21. The monoisotopic (exact) mass is 199 g/mol. The van der Waals surface area contributed by atoms with Crippen molar-refractivity contribution >= 4 is 5.97 Å². The van der Waals surface area contributed by atoms with Crippen LogP contribution in [0.25, 0.3) is 0 Å². The zero-order valence-electron chi connectivity index (χ0n) is 7.79. The molecule has 0 radical (unpaired) electrons. The molecule has 0 aliphatic heterocycles. The third kappa shape index (κ3) is 2.54. The Morgan fingerprint density at radius 2 is 2.43 bits per heavy atom. The summed E-state index contributed by atoms with van der Waals surface area (Å²) < 4.78 is 1.52. The van der Waals surface area contributed by atoms with Crippen LogP contribution in [0.2, 0.25) is 0 Å². The van der Waals surface area contributed by atoms with Crippen molar-refractivity contribution in [1.82, 2.24) is 9.78 Å². The number of carbonyl (C=O) groups is 1. The molecular weight excluding hydrogens is 186 g/mol. The van der Waals surface area contributed by atoms with Gasteiger partial charge in [-0.1, -0.05) is 0 Å². The molecule has 0 aliphatic carbocycles. The van der Waals surface area contributed by atoms with E-state index >= 15 is 0 Å². The number of hydrogen-bond acceptors (Lipinski definition) is 4. The standard InChI is InChI=1S/C8H13N3O3/c1-11-4-5(3-10-11)8(14)6(9)2-7(12)13/h3-4,6,8,14H,2,9H2,1H3,(H,12,13). The molecule has 0 aliphatic rings. The second-order valence-electron chi connectivity index (χ2n) is 3.15. The Balaban J connectivity index is 2.65. The minimum atomic E-state index is -1.03. The first-order chi connectivity index (χ1) is 6.50. The zero-order chi connectivity index (χ0) is 10.7. The van der Waals surface area contributed by atoms with E-state index in [1.54, 1.807) is 13.2 Å². The molecule has 0 saturated carbocycles. The Morgan fingerprint density at radius 1 is 1.79 bits per heavy atom. The van der Waals surface area contributed by atoms with E-state index in [-0.39, 0.29) is 6.42 Å². The number of aliphatic hydroxyl groups is 1. The van der Waals surface area contributed by atoms with Crippen molar-refractivity contribution in [2.24, 2.45) is 12.8 Å². The van der Waals surface area contributed by atoms with Gasteiger partial charge >= 0.3 is 5.97 Å². The number of rotatable bonds is 4. The van der Waals surface area contributed by atoms with Crippen LogP contribution in [0, 0.1) is 0 Å². The van der Waals surface area contributed by atoms with E-state index < -0.39 is 18.1 Å². The molecule has 2 atom stereocenters. The first-order valence-corrected chi connectivity index (χ1v) is 4.14. The van der Waals surface area contributed by atoms with Crippen LogP contribution in [0.4, 0.5) is 0 Å². The summed E-state index contributed by atoms with van der Waals surface area (Å²) >= 11 is 0. The first kappa shape index (κ1) is 10.7. The highest BCUT2D eigenvalue weighted by Crippen LogP contribution is 2.16. The van der Waals surface area contributed by atoms with Crippen molar-refractivity contribution in [3.8, 4) is 0 Å². The van der Waals surface area contributed by atoms with Crippen LogP contribution in [0.3, 0.4) is 0 Å². The number of aryl methyl sites for hydroxylation is 1. The summed E-state index contributed by atoms with van der Waals surface area (Å²) in [5, 5.41) is 21.9. The third-order valence-electron chi connectivity index (χ3n) is 1.88. The van der Waals surface area contributed by atoms with Crippen molar-refractivity contribution in [1.29, 1.82) is 0 Å². The zero-order valence-corrected chi connectivity index (χ0v) is 7.79. The Bertz CT molecular complexity index is 323. The van der Waals surface area contributed by atoms with Crippen LogP contribution in [0.5, 0.6) is 0 Å². The minimum absolute atomic E-state index is 0.268. The summed E-state index contributed by atoms with van der Waals surface area (Å²) in [4.78, 5) is 10.3. The lowest BCUT2D eigenvalue weighted by atomic mass is 10.0. The van der Waals surface area contributed by atoms with Gasteiger partial charge in [-0.25, -0.2) is 0 Å². The lowest BCUT2D eigenvalue weighted by Gasteiger charge is -2.14. The highest BCUT2D eigenvalue weighted by Gasteiger charge is 2.20. The number of aromatic nitrogens is 2. The lowest BCUT2D eigenvalue weighted by Crippen LogP contribution is -2.30. The molecule has 6 nitrogen and oxygen atoms in total. The lowest BCUT2D eigenvalue weighted by molar-refractivity contribution is -0.138. The highest BCUT2D eigenvalue weighted by atomic mass is 16.4. The highest BCUT2D eigenvalue weighted by molar-refractivity contribution is 5.67. The van der Waals surface area contributed by atoms with Gasteiger partial charge < -0.3 is 15.9 Å². The number of nitrogens with zero attached hydrogens (tertiary/aromatic N) is 2. The molecule has 1 heterocycles. The van der Waals surface area contributed by atoms with Gasteiger partial charge in [0.2, 0.25) is 0 Å². The third-order valence-corrected chi connectivity index (χ3v) is 1.88. The molecule has 4 N–H and O–H groups in total. The Labute approximate surface area is 81.0 Å². The van der Waals surface area contributed by atoms with Crippen molar-refractivity contribution < 1.29 is 15.0 Å². The SMILES string of the molecule is Cn1cc(C(O)C(N)CC(=O)O)cn1. The maximum atomic E-state index is 10.3. The van der Waals surface area contributed by atoms with Gasteiger partial charge in [0.05, 0.1) is 18.7 Å². The average Bonchev–Trinajstić information content (AvgIpc) is 2.49. The fourth-order valence-electron chi connectivity index (χ4n) is 1.15. The van der Waals surface area contributed by atoms with E-state index in [4.69, 9.17) is 10.8 Å². The molecule has 0 saturated heterocycles. The summed E-state index contributed by atoms with van der Waals surface area (Å²) in [5.74, 6) is -1.03.